The van der Waals surface area contributed by atoms with Gasteiger partial charge in [-0.2, -0.15) is 4.98 Å². The van der Waals surface area contributed by atoms with Crippen LogP contribution in [0.1, 0.15) is 32.6 Å². The molecule has 0 atom stereocenters. The highest BCUT2D eigenvalue weighted by molar-refractivity contribution is 7.99. The number of nitrogens with zero attached hydrogens (tertiary/aromatic N) is 3. The second-order valence-corrected chi connectivity index (χ2v) is 4.10. The lowest BCUT2D eigenvalue weighted by molar-refractivity contribution is 0.706. The van der Waals surface area contributed by atoms with Crippen molar-refractivity contribution in [1.29, 1.82) is 0 Å². The summed E-state index contributed by atoms with van der Waals surface area (Å²) < 4.78 is 0. The molecule has 0 aromatic carbocycles. The molecule has 1 rings (SSSR count). The summed E-state index contributed by atoms with van der Waals surface area (Å²) >= 11 is 1.64. The zero-order chi connectivity index (χ0) is 10.2. The van der Waals surface area contributed by atoms with E-state index >= 15 is 0 Å². The van der Waals surface area contributed by atoms with Crippen LogP contribution >= 0.6 is 11.8 Å². The third-order valence-corrected chi connectivity index (χ3v) is 2.75. The Morgan fingerprint density at radius 1 is 1.29 bits per heavy atom. The number of nitrogen functional groups attached to an aromatic ring is 1. The number of thioether (sulfide) groups is 1. The van der Waals surface area contributed by atoms with Gasteiger partial charge in [-0.15, -0.1) is 0 Å². The topological polar surface area (TPSA) is 64.7 Å². The first kappa shape index (κ1) is 11.2. The predicted octanol–water partition coefficient (Wildman–Crippen LogP) is 2.13. The molecule has 1 aromatic rings. The van der Waals surface area contributed by atoms with Crippen LogP contribution in [0.3, 0.4) is 0 Å². The molecule has 0 spiro atoms. The van der Waals surface area contributed by atoms with E-state index in [0.717, 1.165) is 10.9 Å². The fraction of sp³-hybridized carbons (Fsp3) is 0.667. The van der Waals surface area contributed by atoms with Gasteiger partial charge in [0, 0.05) is 5.75 Å². The minimum Gasteiger partial charge on any atom is -0.368 e. The number of aromatic nitrogens is 3. The summed E-state index contributed by atoms with van der Waals surface area (Å²) in [6, 6.07) is 0. The van der Waals surface area contributed by atoms with Gasteiger partial charge in [0.2, 0.25) is 5.95 Å². The van der Waals surface area contributed by atoms with Crippen molar-refractivity contribution in [2.75, 3.05) is 11.5 Å². The van der Waals surface area contributed by atoms with E-state index in [2.05, 4.69) is 21.9 Å². The summed E-state index contributed by atoms with van der Waals surface area (Å²) in [4.78, 5) is 11.8. The summed E-state index contributed by atoms with van der Waals surface area (Å²) in [6.07, 6.45) is 6.52. The standard InChI is InChI=1S/C9H16N4S/c1-2-3-4-5-6-14-9-12-7-11-8(10)13-9/h7H,2-6H2,1H3,(H2,10,11,12,13). The molecule has 5 heteroatoms. The fourth-order valence-electron chi connectivity index (χ4n) is 1.05. The number of anilines is 1. The molecule has 0 aliphatic heterocycles. The predicted molar refractivity (Wildman–Crippen MR) is 59.1 cm³/mol. The molecule has 0 aliphatic carbocycles. The number of hydrogen-bond donors (Lipinski definition) is 1. The van der Waals surface area contributed by atoms with Crippen molar-refractivity contribution in [3.63, 3.8) is 0 Å². The molecule has 0 unspecified atom stereocenters. The number of unbranched alkanes of at least 4 members (excludes halogenated alkanes) is 3. The van der Waals surface area contributed by atoms with Gasteiger partial charge < -0.3 is 5.73 Å². The molecule has 0 amide bonds. The highest BCUT2D eigenvalue weighted by atomic mass is 32.2. The van der Waals surface area contributed by atoms with E-state index in [-0.39, 0.29) is 0 Å². The lowest BCUT2D eigenvalue weighted by atomic mass is 10.2. The van der Waals surface area contributed by atoms with Crippen LogP contribution in [0.2, 0.25) is 0 Å². The van der Waals surface area contributed by atoms with Crippen LogP contribution < -0.4 is 5.73 Å². The van der Waals surface area contributed by atoms with Crippen molar-refractivity contribution < 1.29 is 0 Å². The Morgan fingerprint density at radius 3 is 2.86 bits per heavy atom. The second kappa shape index (κ2) is 6.59. The molecule has 14 heavy (non-hydrogen) atoms. The fourth-order valence-corrected chi connectivity index (χ4v) is 1.87. The first-order chi connectivity index (χ1) is 6.83. The van der Waals surface area contributed by atoms with Crippen LogP contribution in [0.15, 0.2) is 11.5 Å². The molecule has 4 nitrogen and oxygen atoms in total. The zero-order valence-electron chi connectivity index (χ0n) is 8.44. The third kappa shape index (κ3) is 4.41. The Morgan fingerprint density at radius 2 is 2.14 bits per heavy atom. The lowest BCUT2D eigenvalue weighted by Crippen LogP contribution is -1.97. The Labute approximate surface area is 88.7 Å². The maximum absolute atomic E-state index is 5.43. The van der Waals surface area contributed by atoms with E-state index < -0.39 is 0 Å². The SMILES string of the molecule is CCCCCCSc1ncnc(N)n1. The first-order valence-electron chi connectivity index (χ1n) is 4.90. The number of nitrogens with two attached hydrogens (primary N) is 1. The molecular weight excluding hydrogens is 196 g/mol. The van der Waals surface area contributed by atoms with Gasteiger partial charge in [-0.3, -0.25) is 0 Å². The van der Waals surface area contributed by atoms with Crippen LogP contribution in [-0.4, -0.2) is 20.7 Å². The smallest absolute Gasteiger partial charge is 0.223 e. The highest BCUT2D eigenvalue weighted by Crippen LogP contribution is 2.14. The molecule has 78 valence electrons. The van der Waals surface area contributed by atoms with E-state index in [1.165, 1.54) is 32.0 Å². The van der Waals surface area contributed by atoms with E-state index in [1.807, 2.05) is 0 Å². The number of hydrogen-bond acceptors (Lipinski definition) is 5. The van der Waals surface area contributed by atoms with Gasteiger partial charge in [0.1, 0.15) is 6.33 Å². The minimum absolute atomic E-state index is 0.302. The van der Waals surface area contributed by atoms with Crippen molar-refractivity contribution in [3.8, 4) is 0 Å². The van der Waals surface area contributed by atoms with Gasteiger partial charge >= 0.3 is 0 Å². The second-order valence-electron chi connectivity index (χ2n) is 3.04. The lowest BCUT2D eigenvalue weighted by Gasteiger charge is -1.99. The summed E-state index contributed by atoms with van der Waals surface area (Å²) in [5, 5.41) is 0.731. The van der Waals surface area contributed by atoms with Crippen LogP contribution in [0, 0.1) is 0 Å². The Balaban J connectivity index is 2.18. The molecule has 0 bridgehead atoms. The average molecular weight is 212 g/mol. The molecule has 0 radical (unpaired) electrons. The highest BCUT2D eigenvalue weighted by Gasteiger charge is 1.97. The first-order valence-corrected chi connectivity index (χ1v) is 5.89. The van der Waals surface area contributed by atoms with E-state index in [1.54, 1.807) is 11.8 Å². The van der Waals surface area contributed by atoms with Crippen LogP contribution in [0.5, 0.6) is 0 Å². The maximum Gasteiger partial charge on any atom is 0.223 e. The van der Waals surface area contributed by atoms with Crippen molar-refractivity contribution in [1.82, 2.24) is 15.0 Å². The summed E-state index contributed by atoms with van der Waals surface area (Å²) in [5.74, 6) is 1.36. The zero-order valence-corrected chi connectivity index (χ0v) is 9.26. The summed E-state index contributed by atoms with van der Waals surface area (Å²) in [5.41, 5.74) is 5.43. The van der Waals surface area contributed by atoms with Gasteiger partial charge in [-0.05, 0) is 6.42 Å². The van der Waals surface area contributed by atoms with Gasteiger partial charge in [-0.1, -0.05) is 37.9 Å². The van der Waals surface area contributed by atoms with Gasteiger partial charge in [-0.25, -0.2) is 9.97 Å². The van der Waals surface area contributed by atoms with Crippen LogP contribution in [-0.2, 0) is 0 Å². The molecule has 2 N–H and O–H groups in total. The Kier molecular flexibility index (Phi) is 5.29. The number of rotatable bonds is 6. The average Bonchev–Trinajstić information content (AvgIpc) is 2.18. The minimum atomic E-state index is 0.302. The molecule has 1 heterocycles. The molecule has 0 saturated heterocycles. The summed E-state index contributed by atoms with van der Waals surface area (Å²) in [7, 11) is 0. The molecule has 0 aliphatic rings. The molecule has 1 aromatic heterocycles. The van der Waals surface area contributed by atoms with Crippen molar-refractivity contribution in [3.05, 3.63) is 6.33 Å². The maximum atomic E-state index is 5.43. The Bertz CT molecular complexity index is 267. The Hall–Kier alpha value is -0.840. The van der Waals surface area contributed by atoms with E-state index in [9.17, 15) is 0 Å². The van der Waals surface area contributed by atoms with Crippen molar-refractivity contribution in [2.45, 2.75) is 37.8 Å². The third-order valence-electron chi connectivity index (χ3n) is 1.80. The largest absolute Gasteiger partial charge is 0.368 e. The molecule has 0 saturated carbocycles. The quantitative estimate of drug-likeness (QED) is 0.578. The van der Waals surface area contributed by atoms with E-state index in [4.69, 9.17) is 5.73 Å². The monoisotopic (exact) mass is 212 g/mol. The van der Waals surface area contributed by atoms with Gasteiger partial charge in [0.15, 0.2) is 5.16 Å². The molecule has 0 fully saturated rings. The van der Waals surface area contributed by atoms with E-state index in [0.29, 0.717) is 5.95 Å². The van der Waals surface area contributed by atoms with Gasteiger partial charge in [0.05, 0.1) is 0 Å². The van der Waals surface area contributed by atoms with Crippen molar-refractivity contribution in [2.24, 2.45) is 0 Å². The normalized spacial score (nSPS) is 10.4. The molecular formula is C9H16N4S. The van der Waals surface area contributed by atoms with Crippen LogP contribution in [0.4, 0.5) is 5.95 Å². The van der Waals surface area contributed by atoms with Gasteiger partial charge in [0.25, 0.3) is 0 Å². The summed E-state index contributed by atoms with van der Waals surface area (Å²) in [6.45, 7) is 2.21. The van der Waals surface area contributed by atoms with Crippen molar-refractivity contribution >= 4 is 17.7 Å². The van der Waals surface area contributed by atoms with Crippen LogP contribution in [0.25, 0.3) is 0 Å².